The first kappa shape index (κ1) is 11.6. The van der Waals surface area contributed by atoms with Gasteiger partial charge in [0.2, 0.25) is 0 Å². The molecule has 2 heterocycles. The van der Waals surface area contributed by atoms with E-state index in [0.717, 1.165) is 17.4 Å². The fraction of sp³-hybridized carbons (Fsp3) is 0.214. The molecule has 1 aliphatic heterocycles. The summed E-state index contributed by atoms with van der Waals surface area (Å²) in [7, 11) is 0. The maximum absolute atomic E-state index is 12.1. The number of aromatic nitrogens is 2. The van der Waals surface area contributed by atoms with Gasteiger partial charge in [0.25, 0.3) is 5.91 Å². The Morgan fingerprint density at radius 2 is 2.11 bits per heavy atom. The van der Waals surface area contributed by atoms with E-state index in [0.29, 0.717) is 25.2 Å². The molecular formula is C14H13N3O2. The monoisotopic (exact) mass is 255 g/mol. The predicted octanol–water partition coefficient (Wildman–Crippen LogP) is 1.35. The van der Waals surface area contributed by atoms with Crippen molar-refractivity contribution in [2.75, 3.05) is 6.54 Å². The first-order chi connectivity index (χ1) is 9.28. The molecule has 5 nitrogen and oxygen atoms in total. The highest BCUT2D eigenvalue weighted by Gasteiger charge is 2.26. The van der Waals surface area contributed by atoms with Gasteiger partial charge >= 0.3 is 0 Å². The summed E-state index contributed by atoms with van der Waals surface area (Å²) in [6.07, 6.45) is 3.97. The van der Waals surface area contributed by atoms with Crippen LogP contribution in [0.3, 0.4) is 0 Å². The molecule has 0 N–H and O–H groups in total. The van der Waals surface area contributed by atoms with Gasteiger partial charge in [0.1, 0.15) is 0 Å². The number of benzene rings is 1. The molecule has 2 aromatic rings. The molecule has 0 saturated heterocycles. The fourth-order valence-electron chi connectivity index (χ4n) is 2.28. The maximum Gasteiger partial charge on any atom is 0.254 e. The predicted molar refractivity (Wildman–Crippen MR) is 68.8 cm³/mol. The smallest absolute Gasteiger partial charge is 0.254 e. The van der Waals surface area contributed by atoms with Gasteiger partial charge in [0, 0.05) is 24.8 Å². The van der Waals surface area contributed by atoms with Crippen LogP contribution < -0.4 is 0 Å². The van der Waals surface area contributed by atoms with Crippen molar-refractivity contribution in [1.29, 1.82) is 0 Å². The lowest BCUT2D eigenvalue weighted by molar-refractivity contribution is 0.0771. The summed E-state index contributed by atoms with van der Waals surface area (Å²) in [4.78, 5) is 24.5. The van der Waals surface area contributed by atoms with E-state index in [1.807, 2.05) is 24.3 Å². The van der Waals surface area contributed by atoms with E-state index >= 15 is 0 Å². The summed E-state index contributed by atoms with van der Waals surface area (Å²) in [5.74, 6) is 0.0679. The normalized spacial score (nSPS) is 13.7. The second-order valence-electron chi connectivity index (χ2n) is 4.54. The molecule has 1 aromatic heterocycles. The van der Waals surface area contributed by atoms with Gasteiger partial charge < -0.3 is 4.90 Å². The molecule has 1 amide bonds. The summed E-state index contributed by atoms with van der Waals surface area (Å²) in [5, 5.41) is 4.07. The lowest BCUT2D eigenvalue weighted by Gasteiger charge is -2.15. The summed E-state index contributed by atoms with van der Waals surface area (Å²) >= 11 is 0. The fourth-order valence-corrected chi connectivity index (χ4v) is 2.28. The lowest BCUT2D eigenvalue weighted by atomic mass is 10.1. The van der Waals surface area contributed by atoms with Gasteiger partial charge in [-0.25, -0.2) is 0 Å². The number of carbonyl (C=O) groups excluding carboxylic acids is 2. The molecule has 0 fully saturated rings. The number of hydrogen-bond acceptors (Lipinski definition) is 3. The van der Waals surface area contributed by atoms with E-state index in [1.54, 1.807) is 15.8 Å². The number of carbonyl (C=O) groups is 2. The van der Waals surface area contributed by atoms with Gasteiger partial charge in [-0.1, -0.05) is 18.2 Å². The molecule has 0 saturated carbocycles. The van der Waals surface area contributed by atoms with E-state index in [4.69, 9.17) is 0 Å². The molecule has 0 spiro atoms. The number of amides is 1. The van der Waals surface area contributed by atoms with Gasteiger partial charge in [-0.05, 0) is 11.6 Å². The SMILES string of the molecule is O=Cc1cnn(CCN2Cc3ccccc3C2=O)c1. The van der Waals surface area contributed by atoms with E-state index < -0.39 is 0 Å². The van der Waals surface area contributed by atoms with Crippen LogP contribution in [0.2, 0.25) is 0 Å². The zero-order chi connectivity index (χ0) is 13.2. The molecule has 0 atom stereocenters. The molecule has 0 radical (unpaired) electrons. The first-order valence-electron chi connectivity index (χ1n) is 6.13. The van der Waals surface area contributed by atoms with Gasteiger partial charge in [0.15, 0.2) is 6.29 Å². The zero-order valence-electron chi connectivity index (χ0n) is 10.3. The second-order valence-corrected chi connectivity index (χ2v) is 4.54. The Kier molecular flexibility index (Phi) is 2.87. The minimum Gasteiger partial charge on any atom is -0.332 e. The van der Waals surface area contributed by atoms with Crippen molar-refractivity contribution in [2.45, 2.75) is 13.1 Å². The average molecular weight is 255 g/mol. The Bertz CT molecular complexity index is 633. The molecule has 0 bridgehead atoms. The molecule has 1 aromatic carbocycles. The van der Waals surface area contributed by atoms with Crippen LogP contribution in [0.15, 0.2) is 36.7 Å². The highest BCUT2D eigenvalue weighted by molar-refractivity contribution is 5.98. The molecule has 0 aliphatic carbocycles. The van der Waals surface area contributed by atoms with Gasteiger partial charge in [0.05, 0.1) is 18.3 Å². The van der Waals surface area contributed by atoms with Crippen molar-refractivity contribution in [3.63, 3.8) is 0 Å². The molecule has 3 rings (SSSR count). The number of aldehydes is 1. The third-order valence-corrected chi connectivity index (χ3v) is 3.28. The Morgan fingerprint density at radius 3 is 2.84 bits per heavy atom. The van der Waals surface area contributed by atoms with E-state index in [2.05, 4.69) is 5.10 Å². The van der Waals surface area contributed by atoms with Crippen LogP contribution in [0.25, 0.3) is 0 Å². The Balaban J connectivity index is 1.66. The van der Waals surface area contributed by atoms with Crippen LogP contribution in [0.4, 0.5) is 0 Å². The maximum atomic E-state index is 12.1. The third-order valence-electron chi connectivity index (χ3n) is 3.28. The van der Waals surface area contributed by atoms with Gasteiger partial charge in [-0.15, -0.1) is 0 Å². The number of hydrogen-bond donors (Lipinski definition) is 0. The highest BCUT2D eigenvalue weighted by atomic mass is 16.2. The van der Waals surface area contributed by atoms with Crippen LogP contribution in [-0.4, -0.2) is 33.4 Å². The molecular weight excluding hydrogens is 242 g/mol. The van der Waals surface area contributed by atoms with Crippen molar-refractivity contribution < 1.29 is 9.59 Å². The summed E-state index contributed by atoms with van der Waals surface area (Å²) in [6, 6.07) is 7.66. The number of fused-ring (bicyclic) bond motifs is 1. The Hall–Kier alpha value is -2.43. The topological polar surface area (TPSA) is 55.2 Å². The van der Waals surface area contributed by atoms with Crippen molar-refractivity contribution in [2.24, 2.45) is 0 Å². The molecule has 5 heteroatoms. The van der Waals surface area contributed by atoms with E-state index in [9.17, 15) is 9.59 Å². The number of rotatable bonds is 4. The van der Waals surface area contributed by atoms with Crippen molar-refractivity contribution in [1.82, 2.24) is 14.7 Å². The average Bonchev–Trinajstić information content (AvgIpc) is 3.02. The highest BCUT2D eigenvalue weighted by Crippen LogP contribution is 2.21. The first-order valence-corrected chi connectivity index (χ1v) is 6.13. The summed E-state index contributed by atoms with van der Waals surface area (Å²) in [6.45, 7) is 1.83. The van der Waals surface area contributed by atoms with Gasteiger partial charge in [-0.2, -0.15) is 5.10 Å². The second kappa shape index (κ2) is 4.68. The summed E-state index contributed by atoms with van der Waals surface area (Å²) < 4.78 is 1.68. The third kappa shape index (κ3) is 2.14. The molecule has 96 valence electrons. The Labute approximate surface area is 110 Å². The molecule has 0 unspecified atom stereocenters. The van der Waals surface area contributed by atoms with Crippen molar-refractivity contribution in [3.05, 3.63) is 53.3 Å². The van der Waals surface area contributed by atoms with Crippen LogP contribution >= 0.6 is 0 Å². The van der Waals surface area contributed by atoms with E-state index in [-0.39, 0.29) is 5.91 Å². The quantitative estimate of drug-likeness (QED) is 0.775. The standard InChI is InChI=1S/C14H13N3O2/c18-10-11-7-15-17(8-11)6-5-16-9-12-3-1-2-4-13(12)14(16)19/h1-4,7-8,10H,5-6,9H2. The molecule has 19 heavy (non-hydrogen) atoms. The molecule has 1 aliphatic rings. The van der Waals surface area contributed by atoms with Crippen LogP contribution in [0, 0.1) is 0 Å². The lowest BCUT2D eigenvalue weighted by Crippen LogP contribution is -2.27. The van der Waals surface area contributed by atoms with Crippen molar-refractivity contribution >= 4 is 12.2 Å². The summed E-state index contributed by atoms with van der Waals surface area (Å²) in [5.41, 5.74) is 2.41. The largest absolute Gasteiger partial charge is 0.332 e. The van der Waals surface area contributed by atoms with Crippen molar-refractivity contribution in [3.8, 4) is 0 Å². The minimum absolute atomic E-state index is 0.0679. The minimum atomic E-state index is 0.0679. The van der Waals surface area contributed by atoms with Gasteiger partial charge in [-0.3, -0.25) is 14.3 Å². The van der Waals surface area contributed by atoms with Crippen LogP contribution in [0.5, 0.6) is 0 Å². The Morgan fingerprint density at radius 1 is 1.26 bits per heavy atom. The van der Waals surface area contributed by atoms with Crippen LogP contribution in [0.1, 0.15) is 26.3 Å². The number of nitrogens with zero attached hydrogens (tertiary/aromatic N) is 3. The zero-order valence-corrected chi connectivity index (χ0v) is 10.3. The van der Waals surface area contributed by atoms with E-state index in [1.165, 1.54) is 6.20 Å². The van der Waals surface area contributed by atoms with Crippen LogP contribution in [-0.2, 0) is 13.1 Å².